The molecule has 11 heteroatoms. The molecule has 0 bridgehead atoms. The predicted octanol–water partition coefficient (Wildman–Crippen LogP) is 3.53. The van der Waals surface area contributed by atoms with Crippen LogP contribution in [0, 0.1) is 11.6 Å². The van der Waals surface area contributed by atoms with Crippen molar-refractivity contribution in [2.75, 3.05) is 29.9 Å². The van der Waals surface area contributed by atoms with Gasteiger partial charge in [-0.25, -0.2) is 23.1 Å². The van der Waals surface area contributed by atoms with Crippen LogP contribution >= 0.6 is 17.0 Å². The Bertz CT molecular complexity index is 1140. The zero-order valence-electron chi connectivity index (χ0n) is 17.1. The summed E-state index contributed by atoms with van der Waals surface area (Å²) in [6.45, 7) is 1.43. The molecule has 32 heavy (non-hydrogen) atoms. The lowest BCUT2D eigenvalue weighted by atomic mass is 10.0. The van der Waals surface area contributed by atoms with Gasteiger partial charge in [-0.1, -0.05) is 0 Å². The van der Waals surface area contributed by atoms with Crippen molar-refractivity contribution >= 4 is 40.2 Å². The second kappa shape index (κ2) is 8.99. The average molecular weight is 509 g/mol. The highest BCUT2D eigenvalue weighted by Gasteiger charge is 2.30. The van der Waals surface area contributed by atoms with Crippen LogP contribution < -0.4 is 10.2 Å². The van der Waals surface area contributed by atoms with Crippen LogP contribution in [0.3, 0.4) is 0 Å². The Labute approximate surface area is 193 Å². The number of aliphatic hydroxyl groups excluding tert-OH is 1. The maximum Gasteiger partial charge on any atom is 0.322 e. The van der Waals surface area contributed by atoms with E-state index in [2.05, 4.69) is 15.4 Å². The summed E-state index contributed by atoms with van der Waals surface area (Å²) in [4.78, 5) is 20.7. The lowest BCUT2D eigenvalue weighted by molar-refractivity contribution is 0.176. The van der Waals surface area contributed by atoms with Gasteiger partial charge in [0.25, 0.3) is 0 Å². The smallest absolute Gasteiger partial charge is 0.322 e. The van der Waals surface area contributed by atoms with Crippen LogP contribution in [-0.2, 0) is 0 Å². The number of β-amino-alcohol motifs (C(OH)–C–C–N with tert-alkyl or cyclic N) is 1. The minimum absolute atomic E-state index is 0. The quantitative estimate of drug-likeness (QED) is 0.565. The van der Waals surface area contributed by atoms with Crippen molar-refractivity contribution in [3.05, 3.63) is 53.9 Å². The van der Waals surface area contributed by atoms with Gasteiger partial charge in [0.05, 0.1) is 18.3 Å². The number of anilines is 2. The molecule has 2 fully saturated rings. The third-order valence-corrected chi connectivity index (χ3v) is 5.91. The van der Waals surface area contributed by atoms with Crippen LogP contribution in [-0.4, -0.2) is 56.4 Å². The molecule has 2 amide bonds. The molecule has 0 saturated carbocycles. The van der Waals surface area contributed by atoms with Crippen molar-refractivity contribution in [2.24, 2.45) is 0 Å². The van der Waals surface area contributed by atoms with Crippen LogP contribution in [0.1, 0.15) is 30.9 Å². The first-order valence-corrected chi connectivity index (χ1v) is 10.3. The summed E-state index contributed by atoms with van der Waals surface area (Å²) in [7, 11) is 0. The van der Waals surface area contributed by atoms with Crippen molar-refractivity contribution < 1.29 is 18.7 Å². The van der Waals surface area contributed by atoms with Crippen LogP contribution in [0.25, 0.3) is 5.65 Å². The lowest BCUT2D eigenvalue weighted by Gasteiger charge is -2.26. The molecule has 2 aliphatic rings. The van der Waals surface area contributed by atoms with Gasteiger partial charge < -0.3 is 20.2 Å². The van der Waals surface area contributed by atoms with E-state index in [4.69, 9.17) is 0 Å². The maximum atomic E-state index is 14.4. The number of halogens is 3. The molecule has 170 valence electrons. The Hall–Kier alpha value is -2.79. The summed E-state index contributed by atoms with van der Waals surface area (Å²) in [5, 5.41) is 16.7. The van der Waals surface area contributed by atoms with Gasteiger partial charge in [-0.2, -0.15) is 5.10 Å². The van der Waals surface area contributed by atoms with Gasteiger partial charge in [-0.15, -0.1) is 17.0 Å². The first-order chi connectivity index (χ1) is 15.0. The van der Waals surface area contributed by atoms with Gasteiger partial charge in [0.15, 0.2) is 5.65 Å². The number of benzene rings is 1. The van der Waals surface area contributed by atoms with Crippen LogP contribution in [0.2, 0.25) is 0 Å². The average Bonchev–Trinajstić information content (AvgIpc) is 3.49. The molecule has 2 saturated heterocycles. The van der Waals surface area contributed by atoms with Gasteiger partial charge in [-0.3, -0.25) is 0 Å². The summed E-state index contributed by atoms with van der Waals surface area (Å²) in [6.07, 6.45) is 4.81. The molecule has 2 aromatic heterocycles. The Kier molecular flexibility index (Phi) is 6.29. The first kappa shape index (κ1) is 22.4. The maximum absolute atomic E-state index is 14.4. The molecule has 0 spiro atoms. The zero-order chi connectivity index (χ0) is 21.5. The number of fused-ring (bicyclic) bond motifs is 1. The first-order valence-electron chi connectivity index (χ1n) is 10.3. The van der Waals surface area contributed by atoms with E-state index in [-0.39, 0.29) is 29.1 Å². The van der Waals surface area contributed by atoms with E-state index in [1.165, 1.54) is 12.3 Å². The van der Waals surface area contributed by atoms with Crippen molar-refractivity contribution in [2.45, 2.75) is 31.4 Å². The predicted molar refractivity (Wildman–Crippen MR) is 120 cm³/mol. The van der Waals surface area contributed by atoms with Gasteiger partial charge in [0, 0.05) is 31.4 Å². The Morgan fingerprint density at radius 1 is 1.19 bits per heavy atom. The number of aromatic nitrogens is 3. The fourth-order valence-corrected chi connectivity index (χ4v) is 4.36. The molecular formula is C21H23BrF2N6O2. The molecule has 8 nitrogen and oxygen atoms in total. The van der Waals surface area contributed by atoms with Crippen LogP contribution in [0.15, 0.2) is 36.7 Å². The standard InChI is InChI=1S/C21H22F2N6O2.BrH/c22-13-3-4-16(23)15(10-13)18-2-1-7-28(18)19-6-9-29-20(26-19)17(11-24-29)25-21(31)27-8-5-14(30)12-27;/h3-4,6,9-11,14,18,30H,1-2,5,7-8,12H2,(H,25,31);1H/t14-,18+;/m0./s1. The molecule has 3 aromatic rings. The number of likely N-dealkylation sites (tertiary alicyclic amines) is 1. The highest BCUT2D eigenvalue weighted by atomic mass is 79.9. The minimum atomic E-state index is -0.505. The number of aliphatic hydroxyl groups is 1. The van der Waals surface area contributed by atoms with Crippen molar-refractivity contribution in [3.63, 3.8) is 0 Å². The van der Waals surface area contributed by atoms with Crippen molar-refractivity contribution in [3.8, 4) is 0 Å². The Balaban J connectivity index is 0.00000245. The number of hydrogen-bond acceptors (Lipinski definition) is 5. The van der Waals surface area contributed by atoms with Crippen molar-refractivity contribution in [1.82, 2.24) is 19.5 Å². The van der Waals surface area contributed by atoms with Crippen LogP contribution in [0.5, 0.6) is 0 Å². The largest absolute Gasteiger partial charge is 0.391 e. The third-order valence-electron chi connectivity index (χ3n) is 5.91. The molecule has 2 aliphatic heterocycles. The zero-order valence-corrected chi connectivity index (χ0v) is 18.8. The highest BCUT2D eigenvalue weighted by molar-refractivity contribution is 8.93. The normalized spacial score (nSPS) is 20.6. The number of carbonyl (C=O) groups is 1. The summed E-state index contributed by atoms with van der Waals surface area (Å²) in [5.74, 6) is -0.310. The summed E-state index contributed by atoms with van der Waals surface area (Å²) < 4.78 is 29.7. The molecule has 0 unspecified atom stereocenters. The van der Waals surface area contributed by atoms with Gasteiger partial charge in [0.1, 0.15) is 23.1 Å². The number of carbonyl (C=O) groups excluding carboxylic acids is 1. The highest BCUT2D eigenvalue weighted by Crippen LogP contribution is 2.37. The lowest BCUT2D eigenvalue weighted by Crippen LogP contribution is -2.33. The number of hydrogen-bond donors (Lipinski definition) is 2. The summed E-state index contributed by atoms with van der Waals surface area (Å²) in [6, 6.07) is 4.64. The third kappa shape index (κ3) is 4.14. The Morgan fingerprint density at radius 3 is 2.81 bits per heavy atom. The SMILES string of the molecule is Br.O=C(Nc1cnn2ccc(N3CCC[C@@H]3c3cc(F)ccc3F)nc12)N1CC[C@H](O)C1. The molecule has 0 radical (unpaired) electrons. The number of nitrogens with zero attached hydrogens (tertiary/aromatic N) is 5. The molecule has 1 aromatic carbocycles. The fourth-order valence-electron chi connectivity index (χ4n) is 4.36. The van der Waals surface area contributed by atoms with Gasteiger partial charge in [0.2, 0.25) is 0 Å². The molecule has 5 rings (SSSR count). The van der Waals surface area contributed by atoms with E-state index in [1.54, 1.807) is 21.7 Å². The number of rotatable bonds is 3. The monoisotopic (exact) mass is 508 g/mol. The fraction of sp³-hybridized carbons (Fsp3) is 0.381. The second-order valence-corrected chi connectivity index (χ2v) is 7.95. The van der Waals surface area contributed by atoms with Gasteiger partial charge >= 0.3 is 6.03 Å². The number of nitrogens with one attached hydrogen (secondary N) is 1. The van der Waals surface area contributed by atoms with Crippen LogP contribution in [0.4, 0.5) is 25.1 Å². The second-order valence-electron chi connectivity index (χ2n) is 7.95. The van der Waals surface area contributed by atoms with E-state index in [9.17, 15) is 18.7 Å². The van der Waals surface area contributed by atoms with E-state index < -0.39 is 17.7 Å². The minimum Gasteiger partial charge on any atom is -0.391 e. The Morgan fingerprint density at radius 2 is 2.03 bits per heavy atom. The van der Waals surface area contributed by atoms with E-state index in [0.717, 1.165) is 18.6 Å². The molecule has 2 atom stereocenters. The number of amides is 2. The molecule has 4 heterocycles. The molecular weight excluding hydrogens is 486 g/mol. The molecule has 0 aliphatic carbocycles. The summed E-state index contributed by atoms with van der Waals surface area (Å²) >= 11 is 0. The number of urea groups is 1. The van der Waals surface area contributed by atoms with Gasteiger partial charge in [-0.05, 0) is 43.5 Å². The molecule has 2 N–H and O–H groups in total. The summed E-state index contributed by atoms with van der Waals surface area (Å²) in [5.41, 5.74) is 1.21. The van der Waals surface area contributed by atoms with Crippen molar-refractivity contribution in [1.29, 1.82) is 0 Å². The van der Waals surface area contributed by atoms with E-state index in [0.29, 0.717) is 55.2 Å². The van der Waals surface area contributed by atoms with E-state index >= 15 is 0 Å². The topological polar surface area (TPSA) is 86.0 Å². The van der Waals surface area contributed by atoms with E-state index in [1.807, 2.05) is 4.90 Å².